The standard InChI is InChI=1S/C38H18N2O4/c1-39-35(41)23-11-19-15-7-3-5-9-17(15)21-13-25-28-26(38(44)40(2)37(25)43)14-22-18-10-6-4-8-16(18)20-12-24(36(39)42)27(23)33-29(19)31(21)34(28)32(22)30(20)33/h3-14H,1-2H3. The van der Waals surface area contributed by atoms with Gasteiger partial charge in [0.15, 0.2) is 0 Å². The summed E-state index contributed by atoms with van der Waals surface area (Å²) in [6, 6.07) is 24.0. The first-order valence-corrected chi connectivity index (χ1v) is 14.6. The molecular weight excluding hydrogens is 548 g/mol. The minimum absolute atomic E-state index is 0.319. The molecule has 0 aliphatic heterocycles. The number of fused-ring (bicyclic) bond motifs is 6. The predicted octanol–water partition coefficient (Wildman–Crippen LogP) is 6.53. The van der Waals surface area contributed by atoms with Crippen LogP contribution < -0.4 is 22.2 Å². The molecule has 0 saturated carbocycles. The fourth-order valence-electron chi connectivity index (χ4n) is 8.65. The Morgan fingerprint density at radius 2 is 0.568 bits per heavy atom. The Morgan fingerprint density at radius 3 is 0.818 bits per heavy atom. The van der Waals surface area contributed by atoms with Gasteiger partial charge in [0.05, 0.1) is 0 Å². The van der Waals surface area contributed by atoms with E-state index < -0.39 is 0 Å². The van der Waals surface area contributed by atoms with Gasteiger partial charge in [-0.3, -0.25) is 28.3 Å². The average Bonchev–Trinajstić information content (AvgIpc) is 3.06. The van der Waals surface area contributed by atoms with E-state index >= 15 is 0 Å². The quantitative estimate of drug-likeness (QED) is 0.155. The van der Waals surface area contributed by atoms with Crippen LogP contribution in [0.3, 0.4) is 0 Å². The maximum Gasteiger partial charge on any atom is 0.261 e. The zero-order valence-corrected chi connectivity index (χ0v) is 23.5. The van der Waals surface area contributed by atoms with Crippen LogP contribution in [0.5, 0.6) is 0 Å². The summed E-state index contributed by atoms with van der Waals surface area (Å²) in [5.41, 5.74) is -1.28. The smallest absolute Gasteiger partial charge is 0.261 e. The molecular formula is C38H18N2O4. The SMILES string of the molecule is Cn1c(=O)c2cc3c4ccccc4c4cc5c(=O)n(C)c(=O)c6cc7c8ccccc8c8cc(c1=O)c2c1c3c4c(c56)c7c81. The van der Waals surface area contributed by atoms with Crippen LogP contribution in [-0.4, -0.2) is 9.13 Å². The topological polar surface area (TPSA) is 78.1 Å². The van der Waals surface area contributed by atoms with Gasteiger partial charge in [0.1, 0.15) is 0 Å². The van der Waals surface area contributed by atoms with Gasteiger partial charge in [0.2, 0.25) is 0 Å². The Morgan fingerprint density at radius 1 is 0.318 bits per heavy atom. The lowest BCUT2D eigenvalue weighted by Crippen LogP contribution is -2.31. The van der Waals surface area contributed by atoms with Crippen LogP contribution in [0.4, 0.5) is 0 Å². The molecule has 2 heterocycles. The van der Waals surface area contributed by atoms with Gasteiger partial charge in [-0.05, 0) is 88.9 Å². The fourth-order valence-corrected chi connectivity index (χ4v) is 8.65. The molecule has 0 aliphatic rings. The van der Waals surface area contributed by atoms with Gasteiger partial charge in [0, 0.05) is 57.2 Å². The van der Waals surface area contributed by atoms with Gasteiger partial charge in [-0.1, -0.05) is 48.5 Å². The second-order valence-corrected chi connectivity index (χ2v) is 12.3. The number of nitrogens with zero attached hydrogens (tertiary/aromatic N) is 2. The summed E-state index contributed by atoms with van der Waals surface area (Å²) in [5, 5.41) is 16.6. The van der Waals surface area contributed by atoms with Crippen molar-refractivity contribution in [2.75, 3.05) is 0 Å². The van der Waals surface area contributed by atoms with Crippen LogP contribution in [-0.2, 0) is 14.1 Å². The first-order chi connectivity index (χ1) is 21.4. The largest absolute Gasteiger partial charge is 0.277 e. The Bertz CT molecular complexity index is 2930. The van der Waals surface area contributed by atoms with Crippen molar-refractivity contribution in [3.05, 3.63) is 114 Å². The molecule has 0 radical (unpaired) electrons. The number of benzene rings is 9. The van der Waals surface area contributed by atoms with Crippen LogP contribution in [0.15, 0.2) is 92.0 Å². The van der Waals surface area contributed by atoms with E-state index in [4.69, 9.17) is 0 Å². The molecule has 6 nitrogen and oxygen atoms in total. The van der Waals surface area contributed by atoms with E-state index in [0.717, 1.165) is 75.4 Å². The minimum Gasteiger partial charge on any atom is -0.277 e. The molecule has 0 N–H and O–H groups in total. The van der Waals surface area contributed by atoms with Crippen molar-refractivity contribution in [1.82, 2.24) is 9.13 Å². The first kappa shape index (κ1) is 22.7. The van der Waals surface area contributed by atoms with Gasteiger partial charge in [-0.25, -0.2) is 0 Å². The summed E-state index contributed by atoms with van der Waals surface area (Å²) >= 11 is 0. The Kier molecular flexibility index (Phi) is 3.53. The highest BCUT2D eigenvalue weighted by molar-refractivity contribution is 6.54. The molecule has 2 aromatic heterocycles. The third kappa shape index (κ3) is 2.14. The summed E-state index contributed by atoms with van der Waals surface area (Å²) in [4.78, 5) is 55.2. The molecule has 11 aromatic rings. The number of rotatable bonds is 0. The van der Waals surface area contributed by atoms with Gasteiger partial charge >= 0.3 is 0 Å². The van der Waals surface area contributed by atoms with Crippen molar-refractivity contribution in [2.45, 2.75) is 0 Å². The molecule has 204 valence electrons. The summed E-state index contributed by atoms with van der Waals surface area (Å²) < 4.78 is 2.43. The van der Waals surface area contributed by atoms with Gasteiger partial charge in [0.25, 0.3) is 22.2 Å². The maximum atomic E-state index is 13.8. The molecule has 0 bridgehead atoms. The lowest BCUT2D eigenvalue weighted by atomic mass is 9.77. The molecule has 0 amide bonds. The first-order valence-electron chi connectivity index (χ1n) is 14.6. The van der Waals surface area contributed by atoms with Crippen molar-refractivity contribution in [3.63, 3.8) is 0 Å². The van der Waals surface area contributed by atoms with E-state index in [0.29, 0.717) is 32.3 Å². The van der Waals surface area contributed by atoms with Gasteiger partial charge in [-0.15, -0.1) is 0 Å². The summed E-state index contributed by atoms with van der Waals surface area (Å²) in [6.07, 6.45) is 0. The van der Waals surface area contributed by atoms with Gasteiger partial charge in [-0.2, -0.15) is 0 Å². The van der Waals surface area contributed by atoms with Crippen LogP contribution in [0.1, 0.15) is 0 Å². The lowest BCUT2D eigenvalue weighted by Gasteiger charge is -2.25. The monoisotopic (exact) mass is 566 g/mol. The Balaban J connectivity index is 1.72. The predicted molar refractivity (Wildman–Crippen MR) is 180 cm³/mol. The highest BCUT2D eigenvalue weighted by atomic mass is 16.2. The van der Waals surface area contributed by atoms with Crippen LogP contribution >= 0.6 is 0 Å². The normalized spacial score (nSPS) is 13.1. The highest BCUT2D eigenvalue weighted by Gasteiger charge is 2.29. The van der Waals surface area contributed by atoms with Crippen molar-refractivity contribution >= 4 is 108 Å². The van der Waals surface area contributed by atoms with Crippen molar-refractivity contribution in [1.29, 1.82) is 0 Å². The summed E-state index contributed by atoms with van der Waals surface area (Å²) in [7, 11) is 3.09. The number of aromatic nitrogens is 2. The van der Waals surface area contributed by atoms with E-state index in [2.05, 4.69) is 24.3 Å². The molecule has 0 spiro atoms. The Labute approximate surface area is 244 Å². The van der Waals surface area contributed by atoms with E-state index in [1.54, 1.807) is 14.1 Å². The molecule has 44 heavy (non-hydrogen) atoms. The molecule has 0 aliphatic carbocycles. The molecule has 6 heteroatoms. The van der Waals surface area contributed by atoms with E-state index in [-0.39, 0.29) is 22.2 Å². The Hall–Kier alpha value is -5.88. The average molecular weight is 567 g/mol. The molecule has 0 unspecified atom stereocenters. The third-order valence-corrected chi connectivity index (χ3v) is 10.5. The zero-order valence-electron chi connectivity index (χ0n) is 23.5. The van der Waals surface area contributed by atoms with Gasteiger partial charge < -0.3 is 0 Å². The van der Waals surface area contributed by atoms with Crippen LogP contribution in [0.2, 0.25) is 0 Å². The molecule has 0 saturated heterocycles. The van der Waals surface area contributed by atoms with Crippen molar-refractivity contribution in [3.8, 4) is 0 Å². The molecule has 9 aromatic carbocycles. The highest BCUT2D eigenvalue weighted by Crippen LogP contribution is 2.54. The van der Waals surface area contributed by atoms with Crippen LogP contribution in [0, 0.1) is 0 Å². The van der Waals surface area contributed by atoms with Crippen LogP contribution in [0.25, 0.3) is 108 Å². The minimum atomic E-state index is -0.319. The fraction of sp³-hybridized carbons (Fsp3) is 0.0526. The number of hydrogen-bond donors (Lipinski definition) is 0. The second-order valence-electron chi connectivity index (χ2n) is 12.3. The summed E-state index contributed by atoms with van der Waals surface area (Å²) in [6.45, 7) is 0. The van der Waals surface area contributed by atoms with E-state index in [1.807, 2.05) is 48.5 Å². The maximum absolute atomic E-state index is 13.8. The molecule has 0 atom stereocenters. The molecule has 11 rings (SSSR count). The van der Waals surface area contributed by atoms with Crippen molar-refractivity contribution < 1.29 is 0 Å². The second kappa shape index (κ2) is 6.84. The molecule has 0 fully saturated rings. The zero-order chi connectivity index (χ0) is 29.5. The van der Waals surface area contributed by atoms with E-state index in [9.17, 15) is 19.2 Å². The number of hydrogen-bond acceptors (Lipinski definition) is 4. The number of pyridine rings is 2. The third-order valence-electron chi connectivity index (χ3n) is 10.5. The lowest BCUT2D eigenvalue weighted by molar-refractivity contribution is 0.841. The summed E-state index contributed by atoms with van der Waals surface area (Å²) in [5.74, 6) is 0. The van der Waals surface area contributed by atoms with Crippen molar-refractivity contribution in [2.24, 2.45) is 14.1 Å². The van der Waals surface area contributed by atoms with E-state index in [1.165, 1.54) is 9.13 Å².